The van der Waals surface area contributed by atoms with Gasteiger partial charge in [0, 0.05) is 12.5 Å². The van der Waals surface area contributed by atoms with Gasteiger partial charge in [0.2, 0.25) is 5.91 Å². The minimum absolute atomic E-state index is 0.128. The second-order valence-corrected chi connectivity index (χ2v) is 2.10. The van der Waals surface area contributed by atoms with Crippen LogP contribution in [0.2, 0.25) is 0 Å². The second-order valence-electron chi connectivity index (χ2n) is 2.10. The Morgan fingerprint density at radius 1 is 1.88 bits per heavy atom. The molecule has 0 aromatic carbocycles. The molecule has 1 N–H and O–H groups in total. The smallest absolute Gasteiger partial charge is 0.223 e. The molecule has 1 amide bonds. The molecule has 1 rings (SSSR count). The van der Waals surface area contributed by atoms with Gasteiger partial charge in [-0.05, 0) is 12.8 Å². The van der Waals surface area contributed by atoms with Crippen molar-refractivity contribution in [2.75, 3.05) is 6.54 Å². The van der Waals surface area contributed by atoms with Crippen molar-refractivity contribution < 1.29 is 4.79 Å². The van der Waals surface area contributed by atoms with Gasteiger partial charge >= 0.3 is 0 Å². The summed E-state index contributed by atoms with van der Waals surface area (Å²) < 4.78 is 0. The van der Waals surface area contributed by atoms with Crippen LogP contribution in [0.3, 0.4) is 0 Å². The third kappa shape index (κ3) is 0.997. The number of carbonyl (C=O) groups excluding carboxylic acids is 1. The van der Waals surface area contributed by atoms with Gasteiger partial charge in [-0.25, -0.2) is 0 Å². The second kappa shape index (κ2) is 2.16. The largest absolute Gasteiger partial charge is 0.356 e. The van der Waals surface area contributed by atoms with Crippen LogP contribution in [0, 0.1) is 12.3 Å². The Kier molecular flexibility index (Phi) is 1.51. The maximum atomic E-state index is 10.7. The van der Waals surface area contributed by atoms with E-state index in [1.807, 2.05) is 13.3 Å². The van der Waals surface area contributed by atoms with Crippen molar-refractivity contribution in [1.29, 1.82) is 0 Å². The molecule has 2 nitrogen and oxygen atoms in total. The van der Waals surface area contributed by atoms with Crippen molar-refractivity contribution >= 4 is 5.91 Å². The lowest BCUT2D eigenvalue weighted by Crippen LogP contribution is -2.35. The molecule has 1 aliphatic heterocycles. The summed E-state index contributed by atoms with van der Waals surface area (Å²) in [5.41, 5.74) is 0. The minimum atomic E-state index is 0.128. The molecule has 8 heavy (non-hydrogen) atoms. The molecule has 0 aliphatic carbocycles. The van der Waals surface area contributed by atoms with Gasteiger partial charge in [0.05, 0.1) is 0 Å². The summed E-state index contributed by atoms with van der Waals surface area (Å²) in [6.07, 6.45) is 3.06. The maximum Gasteiger partial charge on any atom is 0.223 e. The minimum Gasteiger partial charge on any atom is -0.356 e. The normalized spacial score (nSPS) is 29.6. The topological polar surface area (TPSA) is 29.1 Å². The molecule has 45 valence electrons. The standard InChI is InChI=1S/C6H10NO/c1-5-3-2-4-7-6(5)8/h3,5H,2,4H2,1H3,(H,7,8). The van der Waals surface area contributed by atoms with Crippen molar-refractivity contribution in [3.8, 4) is 0 Å². The van der Waals surface area contributed by atoms with Gasteiger partial charge in [-0.3, -0.25) is 4.79 Å². The fraction of sp³-hybridized carbons (Fsp3) is 0.667. The number of amides is 1. The van der Waals surface area contributed by atoms with E-state index in [1.54, 1.807) is 0 Å². The number of hydrogen-bond donors (Lipinski definition) is 1. The zero-order valence-electron chi connectivity index (χ0n) is 4.98. The highest BCUT2D eigenvalue weighted by molar-refractivity contribution is 5.80. The van der Waals surface area contributed by atoms with Crippen molar-refractivity contribution in [2.24, 2.45) is 5.92 Å². The first kappa shape index (κ1) is 5.60. The van der Waals surface area contributed by atoms with Gasteiger partial charge in [0.1, 0.15) is 0 Å². The average Bonchev–Trinajstić information content (AvgIpc) is 1.77. The van der Waals surface area contributed by atoms with E-state index in [0.29, 0.717) is 0 Å². The van der Waals surface area contributed by atoms with Crippen molar-refractivity contribution in [2.45, 2.75) is 13.3 Å². The maximum absolute atomic E-state index is 10.7. The van der Waals surface area contributed by atoms with Crippen LogP contribution in [0.5, 0.6) is 0 Å². The van der Waals surface area contributed by atoms with Crippen molar-refractivity contribution in [3.05, 3.63) is 6.42 Å². The first-order valence-corrected chi connectivity index (χ1v) is 2.92. The van der Waals surface area contributed by atoms with E-state index in [9.17, 15) is 4.79 Å². The molecule has 1 atom stereocenters. The van der Waals surface area contributed by atoms with Crippen LogP contribution in [0.25, 0.3) is 0 Å². The molecule has 2 heteroatoms. The number of rotatable bonds is 0. The van der Waals surface area contributed by atoms with E-state index < -0.39 is 0 Å². The number of piperidine rings is 1. The van der Waals surface area contributed by atoms with E-state index in [1.165, 1.54) is 0 Å². The van der Waals surface area contributed by atoms with Gasteiger partial charge in [-0.2, -0.15) is 0 Å². The van der Waals surface area contributed by atoms with Crippen LogP contribution in [0.15, 0.2) is 0 Å². The highest BCUT2D eigenvalue weighted by atomic mass is 16.1. The van der Waals surface area contributed by atoms with Crippen LogP contribution in [-0.2, 0) is 4.79 Å². The molecule has 0 aromatic heterocycles. The van der Waals surface area contributed by atoms with Crippen molar-refractivity contribution in [1.82, 2.24) is 5.32 Å². The van der Waals surface area contributed by atoms with E-state index in [0.717, 1.165) is 13.0 Å². The third-order valence-corrected chi connectivity index (χ3v) is 1.38. The van der Waals surface area contributed by atoms with E-state index >= 15 is 0 Å². The molecule has 1 aliphatic rings. The van der Waals surface area contributed by atoms with Gasteiger partial charge in [0.15, 0.2) is 0 Å². The zero-order valence-corrected chi connectivity index (χ0v) is 4.98. The Morgan fingerprint density at radius 3 is 3.00 bits per heavy atom. The predicted octanol–water partition coefficient (Wildman–Crippen LogP) is 0.347. The Labute approximate surface area is 49.3 Å². The summed E-state index contributed by atoms with van der Waals surface area (Å²) >= 11 is 0. The molecular weight excluding hydrogens is 102 g/mol. The fourth-order valence-corrected chi connectivity index (χ4v) is 0.797. The summed E-state index contributed by atoms with van der Waals surface area (Å²) in [6, 6.07) is 0. The van der Waals surface area contributed by atoms with Gasteiger partial charge < -0.3 is 5.32 Å². The molecule has 0 spiro atoms. The lowest BCUT2D eigenvalue weighted by atomic mass is 10.0. The Bertz CT molecular complexity index is 101. The van der Waals surface area contributed by atoms with Crippen LogP contribution < -0.4 is 5.32 Å². The molecule has 0 saturated carbocycles. The number of carbonyl (C=O) groups is 1. The predicted molar refractivity (Wildman–Crippen MR) is 31.1 cm³/mol. The monoisotopic (exact) mass is 112 g/mol. The zero-order chi connectivity index (χ0) is 5.98. The highest BCUT2D eigenvalue weighted by Gasteiger charge is 2.15. The summed E-state index contributed by atoms with van der Waals surface area (Å²) in [5, 5.41) is 2.76. The Balaban J connectivity index is 2.39. The van der Waals surface area contributed by atoms with Crippen LogP contribution in [-0.4, -0.2) is 12.5 Å². The quantitative estimate of drug-likeness (QED) is 0.481. The molecule has 1 fully saturated rings. The molecule has 0 aromatic rings. The first-order valence-electron chi connectivity index (χ1n) is 2.92. The molecule has 1 unspecified atom stereocenters. The van der Waals surface area contributed by atoms with E-state index in [4.69, 9.17) is 0 Å². The number of hydrogen-bond acceptors (Lipinski definition) is 1. The molecule has 1 saturated heterocycles. The SMILES string of the molecule is CC1[CH]CCNC1=O. The lowest BCUT2D eigenvalue weighted by molar-refractivity contribution is -0.124. The average molecular weight is 112 g/mol. The summed E-state index contributed by atoms with van der Waals surface area (Å²) in [7, 11) is 0. The summed E-state index contributed by atoms with van der Waals surface area (Å²) in [5.74, 6) is 0.292. The van der Waals surface area contributed by atoms with Gasteiger partial charge in [0.25, 0.3) is 0 Å². The first-order chi connectivity index (χ1) is 3.80. The van der Waals surface area contributed by atoms with E-state index in [2.05, 4.69) is 5.32 Å². The molecule has 1 heterocycles. The molecular formula is C6H10NO. The lowest BCUT2D eigenvalue weighted by Gasteiger charge is -2.16. The third-order valence-electron chi connectivity index (χ3n) is 1.38. The van der Waals surface area contributed by atoms with Crippen LogP contribution in [0.4, 0.5) is 0 Å². The van der Waals surface area contributed by atoms with Crippen LogP contribution in [0.1, 0.15) is 13.3 Å². The summed E-state index contributed by atoms with van der Waals surface area (Å²) in [4.78, 5) is 10.7. The number of nitrogens with one attached hydrogen (secondary N) is 1. The molecule has 0 bridgehead atoms. The summed E-state index contributed by atoms with van der Waals surface area (Å²) in [6.45, 7) is 2.73. The fourth-order valence-electron chi connectivity index (χ4n) is 0.797. The van der Waals surface area contributed by atoms with Crippen LogP contribution >= 0.6 is 0 Å². The van der Waals surface area contributed by atoms with Gasteiger partial charge in [-0.15, -0.1) is 0 Å². The molecule has 1 radical (unpaired) electrons. The Morgan fingerprint density at radius 2 is 2.62 bits per heavy atom. The van der Waals surface area contributed by atoms with Gasteiger partial charge in [-0.1, -0.05) is 6.92 Å². The van der Waals surface area contributed by atoms with Crippen molar-refractivity contribution in [3.63, 3.8) is 0 Å². The van der Waals surface area contributed by atoms with E-state index in [-0.39, 0.29) is 11.8 Å². The Hall–Kier alpha value is -0.530. The highest BCUT2D eigenvalue weighted by Crippen LogP contribution is 2.07.